The highest BCUT2D eigenvalue weighted by Gasteiger charge is 2.25. The van der Waals surface area contributed by atoms with Gasteiger partial charge in [-0.3, -0.25) is 0 Å². The van der Waals surface area contributed by atoms with E-state index in [0.29, 0.717) is 11.5 Å². The SMILES string of the molecule is Cc1c(Sc2cc(C(C)(C)C)c(O)c(C)c2C)cc(C(C)(C)C)c(O)c1C. The molecule has 2 rings (SSSR count). The summed E-state index contributed by atoms with van der Waals surface area (Å²) in [6.45, 7) is 20.8. The van der Waals surface area contributed by atoms with E-state index in [9.17, 15) is 10.2 Å². The summed E-state index contributed by atoms with van der Waals surface area (Å²) in [4.78, 5) is 2.31. The average Bonchev–Trinajstić information content (AvgIpc) is 2.53. The Morgan fingerprint density at radius 3 is 1.15 bits per heavy atom. The molecule has 2 N–H and O–H groups in total. The normalized spacial score (nSPS) is 12.5. The number of benzene rings is 2. The van der Waals surface area contributed by atoms with E-state index in [1.807, 2.05) is 13.8 Å². The molecule has 0 bridgehead atoms. The number of hydrogen-bond donors (Lipinski definition) is 2. The van der Waals surface area contributed by atoms with Crippen molar-refractivity contribution in [2.45, 2.75) is 89.9 Å². The first-order valence-electron chi connectivity index (χ1n) is 9.51. The molecule has 2 aromatic rings. The van der Waals surface area contributed by atoms with Crippen molar-refractivity contribution in [2.75, 3.05) is 0 Å². The van der Waals surface area contributed by atoms with Crippen LogP contribution in [0, 0.1) is 27.7 Å². The van der Waals surface area contributed by atoms with Crippen LogP contribution in [0.15, 0.2) is 21.9 Å². The topological polar surface area (TPSA) is 40.5 Å². The van der Waals surface area contributed by atoms with Gasteiger partial charge in [0.15, 0.2) is 0 Å². The fourth-order valence-electron chi connectivity index (χ4n) is 3.22. The van der Waals surface area contributed by atoms with Crippen LogP contribution >= 0.6 is 11.8 Å². The minimum Gasteiger partial charge on any atom is -0.507 e. The maximum atomic E-state index is 10.6. The van der Waals surface area contributed by atoms with Crippen LogP contribution in [0.2, 0.25) is 0 Å². The van der Waals surface area contributed by atoms with Gasteiger partial charge in [-0.25, -0.2) is 0 Å². The fourth-order valence-corrected chi connectivity index (χ4v) is 4.42. The highest BCUT2D eigenvalue weighted by atomic mass is 32.2. The highest BCUT2D eigenvalue weighted by Crippen LogP contribution is 2.45. The van der Waals surface area contributed by atoms with E-state index in [2.05, 4.69) is 67.5 Å². The molecular weight excluding hydrogens is 352 g/mol. The summed E-state index contributed by atoms with van der Waals surface area (Å²) in [6, 6.07) is 4.25. The zero-order chi connectivity index (χ0) is 20.9. The first-order valence-corrected chi connectivity index (χ1v) is 10.3. The Balaban J connectivity index is 2.68. The van der Waals surface area contributed by atoms with Crippen LogP contribution in [0.1, 0.15) is 74.9 Å². The van der Waals surface area contributed by atoms with E-state index in [0.717, 1.165) is 43.2 Å². The molecule has 3 heteroatoms. The number of phenolic OH excluding ortho intramolecular Hbond substituents is 2. The van der Waals surface area contributed by atoms with Crippen LogP contribution in [0.4, 0.5) is 0 Å². The Hall–Kier alpha value is -1.61. The van der Waals surface area contributed by atoms with E-state index in [1.165, 1.54) is 0 Å². The van der Waals surface area contributed by atoms with E-state index in [-0.39, 0.29) is 10.8 Å². The maximum absolute atomic E-state index is 10.6. The van der Waals surface area contributed by atoms with Crippen molar-refractivity contribution in [1.82, 2.24) is 0 Å². The Morgan fingerprint density at radius 2 is 0.889 bits per heavy atom. The number of phenols is 2. The van der Waals surface area contributed by atoms with Crippen molar-refractivity contribution in [1.29, 1.82) is 0 Å². The minimum absolute atomic E-state index is 0.131. The molecule has 2 nitrogen and oxygen atoms in total. The van der Waals surface area contributed by atoms with Gasteiger partial charge in [0.25, 0.3) is 0 Å². The second-order valence-electron chi connectivity index (χ2n) is 9.64. The van der Waals surface area contributed by atoms with Crippen molar-refractivity contribution in [3.05, 3.63) is 45.5 Å². The largest absolute Gasteiger partial charge is 0.507 e. The highest BCUT2D eigenvalue weighted by molar-refractivity contribution is 7.99. The minimum atomic E-state index is -0.131. The molecule has 0 aliphatic heterocycles. The molecule has 0 aliphatic carbocycles. The third kappa shape index (κ3) is 4.13. The maximum Gasteiger partial charge on any atom is 0.122 e. The monoisotopic (exact) mass is 386 g/mol. The first kappa shape index (κ1) is 21.7. The van der Waals surface area contributed by atoms with Gasteiger partial charge in [-0.1, -0.05) is 53.3 Å². The second-order valence-corrected chi connectivity index (χ2v) is 10.7. The summed E-state index contributed by atoms with van der Waals surface area (Å²) >= 11 is 1.72. The van der Waals surface area contributed by atoms with Gasteiger partial charge >= 0.3 is 0 Å². The molecule has 148 valence electrons. The summed E-state index contributed by atoms with van der Waals surface area (Å²) in [6.07, 6.45) is 0. The van der Waals surface area contributed by atoms with Crippen LogP contribution in [0.25, 0.3) is 0 Å². The van der Waals surface area contributed by atoms with Gasteiger partial charge in [0.1, 0.15) is 11.5 Å². The van der Waals surface area contributed by atoms with Crippen molar-refractivity contribution >= 4 is 11.8 Å². The molecule has 0 spiro atoms. The van der Waals surface area contributed by atoms with Crippen LogP contribution in [0.3, 0.4) is 0 Å². The van der Waals surface area contributed by atoms with Gasteiger partial charge in [0.05, 0.1) is 0 Å². The lowest BCUT2D eigenvalue weighted by molar-refractivity contribution is 0.440. The van der Waals surface area contributed by atoms with Gasteiger partial charge in [0.2, 0.25) is 0 Å². The van der Waals surface area contributed by atoms with E-state index < -0.39 is 0 Å². The third-order valence-electron chi connectivity index (χ3n) is 5.47. The first-order chi connectivity index (χ1) is 12.2. The van der Waals surface area contributed by atoms with Crippen molar-refractivity contribution in [3.8, 4) is 11.5 Å². The Kier molecular flexibility index (Phi) is 5.69. The van der Waals surface area contributed by atoms with Crippen LogP contribution in [0.5, 0.6) is 11.5 Å². The van der Waals surface area contributed by atoms with Crippen molar-refractivity contribution in [3.63, 3.8) is 0 Å². The Labute approximate surface area is 169 Å². The van der Waals surface area contributed by atoms with Gasteiger partial charge < -0.3 is 10.2 Å². The lowest BCUT2D eigenvalue weighted by Gasteiger charge is -2.26. The summed E-state index contributed by atoms with van der Waals surface area (Å²) < 4.78 is 0. The molecule has 0 aromatic heterocycles. The summed E-state index contributed by atoms with van der Waals surface area (Å²) in [5.74, 6) is 0.802. The summed E-state index contributed by atoms with van der Waals surface area (Å²) in [5.41, 5.74) is 5.77. The molecule has 0 aliphatic rings. The molecule has 0 fully saturated rings. The Bertz CT molecular complexity index is 808. The van der Waals surface area contributed by atoms with Crippen molar-refractivity contribution < 1.29 is 10.2 Å². The summed E-state index contributed by atoms with van der Waals surface area (Å²) in [5, 5.41) is 21.3. The predicted octanol–water partition coefficient (Wildman–Crippen LogP) is 7.08. The third-order valence-corrected chi connectivity index (χ3v) is 6.76. The average molecular weight is 387 g/mol. The van der Waals surface area contributed by atoms with Crippen molar-refractivity contribution in [2.24, 2.45) is 0 Å². The number of aromatic hydroxyl groups is 2. The van der Waals surface area contributed by atoms with E-state index >= 15 is 0 Å². The van der Waals surface area contributed by atoms with E-state index in [4.69, 9.17) is 0 Å². The molecule has 0 saturated heterocycles. The standard InChI is InChI=1S/C24H34O2S/c1-13-15(3)21(25)17(23(5,6)7)11-19(13)27-20-12-18(24(8,9)10)22(26)16(4)14(20)2/h11-12,25-26H,1-10H3. The van der Waals surface area contributed by atoms with E-state index in [1.54, 1.807) is 11.8 Å². The van der Waals surface area contributed by atoms with Gasteiger partial charge in [0, 0.05) is 20.9 Å². The molecule has 0 heterocycles. The number of rotatable bonds is 2. The molecule has 0 amide bonds. The fraction of sp³-hybridized carbons (Fsp3) is 0.500. The van der Waals surface area contributed by atoms with Crippen LogP contribution < -0.4 is 0 Å². The van der Waals surface area contributed by atoms with Crippen LogP contribution in [-0.2, 0) is 10.8 Å². The number of hydrogen-bond acceptors (Lipinski definition) is 3. The van der Waals surface area contributed by atoms with Gasteiger partial charge in [-0.05, 0) is 72.9 Å². The van der Waals surface area contributed by atoms with Gasteiger partial charge in [-0.2, -0.15) is 0 Å². The Morgan fingerprint density at radius 1 is 0.593 bits per heavy atom. The van der Waals surface area contributed by atoms with Crippen LogP contribution in [-0.4, -0.2) is 10.2 Å². The molecule has 0 unspecified atom stereocenters. The smallest absolute Gasteiger partial charge is 0.122 e. The molecular formula is C24H34O2S. The lowest BCUT2D eigenvalue weighted by Crippen LogP contribution is -2.13. The molecule has 27 heavy (non-hydrogen) atoms. The zero-order valence-electron chi connectivity index (χ0n) is 18.5. The lowest BCUT2D eigenvalue weighted by atomic mass is 9.84. The van der Waals surface area contributed by atoms with Gasteiger partial charge in [-0.15, -0.1) is 0 Å². The predicted molar refractivity (Wildman–Crippen MR) is 117 cm³/mol. The second kappa shape index (κ2) is 7.09. The molecule has 0 saturated carbocycles. The molecule has 0 radical (unpaired) electrons. The zero-order valence-corrected chi connectivity index (χ0v) is 19.3. The molecule has 2 aromatic carbocycles. The quantitative estimate of drug-likeness (QED) is 0.579. The summed E-state index contributed by atoms with van der Waals surface area (Å²) in [7, 11) is 0. The molecule has 0 atom stereocenters.